The lowest BCUT2D eigenvalue weighted by atomic mass is 10.1. The van der Waals surface area contributed by atoms with Crippen molar-refractivity contribution in [2.75, 3.05) is 5.32 Å². The molecule has 4 aromatic rings. The van der Waals surface area contributed by atoms with E-state index in [2.05, 4.69) is 15.3 Å². The topological polar surface area (TPSA) is 72.0 Å². The molecule has 0 saturated carbocycles. The van der Waals surface area contributed by atoms with Crippen molar-refractivity contribution in [1.29, 1.82) is 0 Å². The number of halogens is 1. The van der Waals surface area contributed by atoms with Crippen molar-refractivity contribution in [3.05, 3.63) is 77.1 Å². The van der Waals surface area contributed by atoms with Crippen molar-refractivity contribution in [1.82, 2.24) is 9.97 Å². The Morgan fingerprint density at radius 3 is 2.61 bits per heavy atom. The van der Waals surface area contributed by atoms with Crippen LogP contribution in [0.4, 0.5) is 9.52 Å². The summed E-state index contributed by atoms with van der Waals surface area (Å²) in [7, 11) is 0. The summed E-state index contributed by atoms with van der Waals surface area (Å²) < 4.78 is 13.9. The van der Waals surface area contributed by atoms with Gasteiger partial charge in [-0.25, -0.2) is 9.37 Å². The molecular weight excluding hydrogens is 377 g/mol. The van der Waals surface area contributed by atoms with Crippen LogP contribution in [0.15, 0.2) is 60.8 Å². The van der Waals surface area contributed by atoms with Crippen LogP contribution in [0.25, 0.3) is 22.2 Å². The molecule has 0 aliphatic carbocycles. The van der Waals surface area contributed by atoms with Crippen molar-refractivity contribution in [2.45, 2.75) is 6.92 Å². The number of ketones is 1. The molecular formula is C21H14FN3O2S. The van der Waals surface area contributed by atoms with Crippen LogP contribution in [0.1, 0.15) is 27.0 Å². The van der Waals surface area contributed by atoms with Gasteiger partial charge in [-0.1, -0.05) is 47.7 Å². The highest BCUT2D eigenvalue weighted by Gasteiger charge is 2.20. The van der Waals surface area contributed by atoms with Crippen LogP contribution in [0.2, 0.25) is 0 Å². The minimum atomic E-state index is -0.535. The van der Waals surface area contributed by atoms with Crippen LogP contribution >= 0.6 is 11.3 Å². The van der Waals surface area contributed by atoms with Crippen LogP contribution in [0.5, 0.6) is 0 Å². The molecule has 1 amide bonds. The highest BCUT2D eigenvalue weighted by molar-refractivity contribution is 7.18. The van der Waals surface area contributed by atoms with Gasteiger partial charge >= 0.3 is 0 Å². The van der Waals surface area contributed by atoms with E-state index in [1.165, 1.54) is 13.0 Å². The number of pyridine rings is 1. The highest BCUT2D eigenvalue weighted by Crippen LogP contribution is 2.32. The molecule has 5 nitrogen and oxygen atoms in total. The number of rotatable bonds is 4. The van der Waals surface area contributed by atoms with E-state index in [4.69, 9.17) is 0 Å². The fraction of sp³-hybridized carbons (Fsp3) is 0.0476. The third kappa shape index (κ3) is 3.39. The Kier molecular flexibility index (Phi) is 4.67. The standard InChI is InChI=1S/C21H14FN3O2S/c1-12(26)19-18(13-6-3-2-4-7-13)24-21(28-19)25-20(27)16-11-15(22)10-14-8-5-9-23-17(14)16/h2-11H,1H3,(H,24,25,27). The fourth-order valence-electron chi connectivity index (χ4n) is 2.90. The summed E-state index contributed by atoms with van der Waals surface area (Å²) in [6.07, 6.45) is 1.54. The van der Waals surface area contributed by atoms with Gasteiger partial charge in [0.05, 0.1) is 21.7 Å². The number of aromatic nitrogens is 2. The second-order valence-electron chi connectivity index (χ2n) is 6.10. The lowest BCUT2D eigenvalue weighted by molar-refractivity contribution is 0.101. The summed E-state index contributed by atoms with van der Waals surface area (Å²) in [6.45, 7) is 1.45. The van der Waals surface area contributed by atoms with E-state index in [1.807, 2.05) is 30.3 Å². The zero-order chi connectivity index (χ0) is 19.7. The van der Waals surface area contributed by atoms with Crippen LogP contribution < -0.4 is 5.32 Å². The molecule has 2 aromatic carbocycles. The van der Waals surface area contributed by atoms with Crippen molar-refractivity contribution < 1.29 is 14.0 Å². The summed E-state index contributed by atoms with van der Waals surface area (Å²) in [5.74, 6) is -1.21. The van der Waals surface area contributed by atoms with Gasteiger partial charge in [0, 0.05) is 24.1 Å². The van der Waals surface area contributed by atoms with Crippen molar-refractivity contribution in [3.8, 4) is 11.3 Å². The van der Waals surface area contributed by atoms with Crippen LogP contribution in [-0.2, 0) is 0 Å². The van der Waals surface area contributed by atoms with Gasteiger partial charge < -0.3 is 0 Å². The molecule has 0 spiro atoms. The average molecular weight is 391 g/mol. The number of benzene rings is 2. The number of carbonyl (C=O) groups excluding carboxylic acids is 2. The lowest BCUT2D eigenvalue weighted by Gasteiger charge is -2.06. The normalized spacial score (nSPS) is 10.8. The maximum Gasteiger partial charge on any atom is 0.259 e. The van der Waals surface area contributed by atoms with E-state index in [0.717, 1.165) is 23.0 Å². The zero-order valence-electron chi connectivity index (χ0n) is 14.8. The van der Waals surface area contributed by atoms with E-state index in [9.17, 15) is 14.0 Å². The minimum Gasteiger partial charge on any atom is -0.298 e. The van der Waals surface area contributed by atoms with Gasteiger partial charge in [0.15, 0.2) is 10.9 Å². The number of Topliss-reactive ketones (excluding diaryl/α,β-unsaturated/α-hetero) is 1. The number of nitrogens with zero attached hydrogens (tertiary/aromatic N) is 2. The van der Waals surface area contributed by atoms with Crippen molar-refractivity contribution in [3.63, 3.8) is 0 Å². The summed E-state index contributed by atoms with van der Waals surface area (Å²) >= 11 is 1.09. The number of hydrogen-bond acceptors (Lipinski definition) is 5. The molecule has 0 unspecified atom stereocenters. The number of anilines is 1. The fourth-order valence-corrected chi connectivity index (χ4v) is 3.78. The SMILES string of the molecule is CC(=O)c1sc(NC(=O)c2cc(F)cc3cccnc23)nc1-c1ccccc1. The second kappa shape index (κ2) is 7.28. The number of thiazole rings is 1. The van der Waals surface area contributed by atoms with Crippen LogP contribution in [0.3, 0.4) is 0 Å². The van der Waals surface area contributed by atoms with Crippen molar-refractivity contribution in [2.24, 2.45) is 0 Å². The molecule has 7 heteroatoms. The number of carbonyl (C=O) groups is 2. The maximum atomic E-state index is 13.9. The van der Waals surface area contributed by atoms with E-state index >= 15 is 0 Å². The van der Waals surface area contributed by atoms with E-state index in [1.54, 1.807) is 18.3 Å². The Morgan fingerprint density at radius 2 is 1.86 bits per heavy atom. The molecule has 4 rings (SSSR count). The molecule has 0 bridgehead atoms. The Hall–Kier alpha value is -3.45. The summed E-state index contributed by atoms with van der Waals surface area (Å²) in [5, 5.41) is 3.47. The van der Waals surface area contributed by atoms with Crippen LogP contribution in [-0.4, -0.2) is 21.7 Å². The Morgan fingerprint density at radius 1 is 1.07 bits per heavy atom. The first-order valence-corrected chi connectivity index (χ1v) is 9.27. The molecule has 0 saturated heterocycles. The quantitative estimate of drug-likeness (QED) is 0.500. The average Bonchev–Trinajstić information content (AvgIpc) is 3.12. The Bertz CT molecular complexity index is 1200. The predicted octanol–water partition coefficient (Wildman–Crippen LogP) is 4.95. The number of fused-ring (bicyclic) bond motifs is 1. The zero-order valence-corrected chi connectivity index (χ0v) is 15.6. The predicted molar refractivity (Wildman–Crippen MR) is 107 cm³/mol. The summed E-state index contributed by atoms with van der Waals surface area (Å²) in [4.78, 5) is 33.9. The molecule has 0 atom stereocenters. The number of amides is 1. The maximum absolute atomic E-state index is 13.9. The minimum absolute atomic E-state index is 0.108. The van der Waals surface area contributed by atoms with E-state index < -0.39 is 11.7 Å². The number of hydrogen-bond donors (Lipinski definition) is 1. The third-order valence-corrected chi connectivity index (χ3v) is 5.20. The molecule has 0 aliphatic heterocycles. The van der Waals surface area contributed by atoms with E-state index in [-0.39, 0.29) is 16.5 Å². The van der Waals surface area contributed by atoms with Gasteiger partial charge in [-0.05, 0) is 18.2 Å². The molecule has 2 heterocycles. The first kappa shape index (κ1) is 17.9. The van der Waals surface area contributed by atoms with Crippen LogP contribution in [0, 0.1) is 5.82 Å². The number of nitrogens with one attached hydrogen (secondary N) is 1. The molecule has 0 aliphatic rings. The van der Waals surface area contributed by atoms with E-state index in [0.29, 0.717) is 21.5 Å². The van der Waals surface area contributed by atoms with Gasteiger partial charge in [0.2, 0.25) is 0 Å². The lowest BCUT2D eigenvalue weighted by Crippen LogP contribution is -2.13. The summed E-state index contributed by atoms with van der Waals surface area (Å²) in [6, 6.07) is 15.1. The first-order valence-electron chi connectivity index (χ1n) is 8.46. The van der Waals surface area contributed by atoms with Gasteiger partial charge in [0.25, 0.3) is 5.91 Å². The largest absolute Gasteiger partial charge is 0.298 e. The molecule has 138 valence electrons. The Balaban J connectivity index is 1.72. The molecule has 1 N–H and O–H groups in total. The molecule has 28 heavy (non-hydrogen) atoms. The molecule has 0 radical (unpaired) electrons. The summed E-state index contributed by atoms with van der Waals surface area (Å²) in [5.41, 5.74) is 1.79. The Labute approximate surface area is 163 Å². The highest BCUT2D eigenvalue weighted by atomic mass is 32.1. The molecule has 0 fully saturated rings. The monoisotopic (exact) mass is 391 g/mol. The molecule has 2 aromatic heterocycles. The third-order valence-electron chi connectivity index (χ3n) is 4.13. The van der Waals surface area contributed by atoms with Crippen molar-refractivity contribution >= 4 is 39.1 Å². The first-order chi connectivity index (χ1) is 13.5. The van der Waals surface area contributed by atoms with Gasteiger partial charge in [-0.15, -0.1) is 0 Å². The van der Waals surface area contributed by atoms with Gasteiger partial charge in [0.1, 0.15) is 5.82 Å². The van der Waals surface area contributed by atoms with Gasteiger partial charge in [-0.2, -0.15) is 0 Å². The second-order valence-corrected chi connectivity index (χ2v) is 7.10. The smallest absolute Gasteiger partial charge is 0.259 e. The van der Waals surface area contributed by atoms with Gasteiger partial charge in [-0.3, -0.25) is 19.9 Å².